The topological polar surface area (TPSA) is 69.6 Å². The second kappa shape index (κ2) is 10.8. The first-order valence-corrected chi connectivity index (χ1v) is 12.3. The largest absolute Gasteiger partial charge is 0.372 e. The molecule has 0 aliphatic carbocycles. The predicted octanol–water partition coefficient (Wildman–Crippen LogP) is 5.78. The number of aryl methyl sites for hydroxylation is 3. The van der Waals surface area contributed by atoms with Crippen molar-refractivity contribution in [2.45, 2.75) is 39.3 Å². The van der Waals surface area contributed by atoms with Gasteiger partial charge in [-0.05, 0) is 56.5 Å². The van der Waals surface area contributed by atoms with Crippen LogP contribution in [0.1, 0.15) is 56.7 Å². The molecule has 0 unspecified atom stereocenters. The molecular formula is C32H32N2O3. The molecule has 0 heterocycles. The molecule has 0 aliphatic rings. The number of hydrazine groups is 1. The molecule has 0 spiro atoms. The average molecular weight is 493 g/mol. The SMILES string of the molecule is Cc1ccc([C@@H](C)N(NC(=O)C(O)(c2ccc(C)cc2)c2ccc(C)cc2)C(=O)c2ccccc2)cc1. The summed E-state index contributed by atoms with van der Waals surface area (Å²) in [7, 11) is 0. The maximum absolute atomic E-state index is 14.0. The molecule has 0 saturated heterocycles. The summed E-state index contributed by atoms with van der Waals surface area (Å²) in [5, 5.41) is 13.3. The first kappa shape index (κ1) is 25.9. The Kier molecular flexibility index (Phi) is 7.55. The molecule has 4 aromatic carbocycles. The van der Waals surface area contributed by atoms with Crippen molar-refractivity contribution in [2.24, 2.45) is 0 Å². The molecule has 0 fully saturated rings. The predicted molar refractivity (Wildman–Crippen MR) is 146 cm³/mol. The zero-order valence-electron chi connectivity index (χ0n) is 21.6. The van der Waals surface area contributed by atoms with E-state index in [0.29, 0.717) is 16.7 Å². The number of amides is 2. The van der Waals surface area contributed by atoms with Gasteiger partial charge in [0.25, 0.3) is 11.8 Å². The molecule has 0 aliphatic heterocycles. The molecule has 2 N–H and O–H groups in total. The van der Waals surface area contributed by atoms with Crippen molar-refractivity contribution < 1.29 is 14.7 Å². The molecule has 37 heavy (non-hydrogen) atoms. The summed E-state index contributed by atoms with van der Waals surface area (Å²) in [5.41, 5.74) is 5.97. The zero-order chi connectivity index (χ0) is 26.6. The summed E-state index contributed by atoms with van der Waals surface area (Å²) in [5.74, 6) is -1.10. The van der Waals surface area contributed by atoms with Gasteiger partial charge in [0.05, 0.1) is 6.04 Å². The Balaban J connectivity index is 1.78. The summed E-state index contributed by atoms with van der Waals surface area (Å²) in [6.45, 7) is 7.73. The molecule has 4 rings (SSSR count). The van der Waals surface area contributed by atoms with Gasteiger partial charge < -0.3 is 5.11 Å². The van der Waals surface area contributed by atoms with Crippen LogP contribution >= 0.6 is 0 Å². The van der Waals surface area contributed by atoms with E-state index in [0.717, 1.165) is 22.3 Å². The normalized spacial score (nSPS) is 12.0. The highest BCUT2D eigenvalue weighted by molar-refractivity contribution is 5.97. The van der Waals surface area contributed by atoms with E-state index in [2.05, 4.69) is 5.43 Å². The second-order valence-corrected chi connectivity index (χ2v) is 9.51. The van der Waals surface area contributed by atoms with Crippen molar-refractivity contribution in [3.8, 4) is 0 Å². The Morgan fingerprint density at radius 2 is 1.14 bits per heavy atom. The number of nitrogens with zero attached hydrogens (tertiary/aromatic N) is 1. The van der Waals surface area contributed by atoms with Gasteiger partial charge in [0.2, 0.25) is 0 Å². The number of aliphatic hydroxyl groups is 1. The van der Waals surface area contributed by atoms with Crippen molar-refractivity contribution in [3.05, 3.63) is 142 Å². The lowest BCUT2D eigenvalue weighted by Gasteiger charge is -2.35. The fourth-order valence-corrected chi connectivity index (χ4v) is 4.25. The van der Waals surface area contributed by atoms with Gasteiger partial charge in [0.15, 0.2) is 5.60 Å². The fraction of sp³-hybridized carbons (Fsp3) is 0.188. The van der Waals surface area contributed by atoms with Crippen molar-refractivity contribution in [3.63, 3.8) is 0 Å². The van der Waals surface area contributed by atoms with Crippen molar-refractivity contribution in [2.75, 3.05) is 0 Å². The average Bonchev–Trinajstić information content (AvgIpc) is 2.92. The summed E-state index contributed by atoms with van der Waals surface area (Å²) >= 11 is 0. The molecule has 5 heteroatoms. The van der Waals surface area contributed by atoms with Crippen molar-refractivity contribution in [1.82, 2.24) is 10.4 Å². The third kappa shape index (κ3) is 5.47. The van der Waals surface area contributed by atoms with E-state index in [9.17, 15) is 14.7 Å². The highest BCUT2D eigenvalue weighted by atomic mass is 16.3. The van der Waals surface area contributed by atoms with Crippen LogP contribution in [0.5, 0.6) is 0 Å². The number of rotatable bonds is 6. The Hall–Kier alpha value is -4.22. The van der Waals surface area contributed by atoms with E-state index in [1.54, 1.807) is 48.5 Å². The van der Waals surface area contributed by atoms with E-state index in [1.807, 2.05) is 82.3 Å². The smallest absolute Gasteiger partial charge is 0.279 e. The van der Waals surface area contributed by atoms with Crippen LogP contribution in [0.25, 0.3) is 0 Å². The Labute approximate surface area is 218 Å². The highest BCUT2D eigenvalue weighted by Crippen LogP contribution is 2.32. The van der Waals surface area contributed by atoms with E-state index < -0.39 is 17.6 Å². The summed E-state index contributed by atoms with van der Waals surface area (Å²) in [6, 6.07) is 30.4. The lowest BCUT2D eigenvalue weighted by Crippen LogP contribution is -2.55. The van der Waals surface area contributed by atoms with Gasteiger partial charge in [-0.3, -0.25) is 15.0 Å². The van der Waals surface area contributed by atoms with Crippen LogP contribution in [0.15, 0.2) is 103 Å². The summed E-state index contributed by atoms with van der Waals surface area (Å²) in [6.07, 6.45) is 0. The van der Waals surface area contributed by atoms with Crippen LogP contribution < -0.4 is 5.43 Å². The number of carbonyl (C=O) groups is 2. The number of benzene rings is 4. The summed E-state index contributed by atoms with van der Waals surface area (Å²) < 4.78 is 0. The molecule has 4 aromatic rings. The van der Waals surface area contributed by atoms with E-state index in [-0.39, 0.29) is 5.91 Å². The lowest BCUT2D eigenvalue weighted by molar-refractivity contribution is -0.141. The third-order valence-electron chi connectivity index (χ3n) is 6.68. The zero-order valence-corrected chi connectivity index (χ0v) is 21.6. The minimum absolute atomic E-state index is 0.378. The summed E-state index contributed by atoms with van der Waals surface area (Å²) in [4.78, 5) is 27.7. The molecule has 0 bridgehead atoms. The standard InChI is InChI=1S/C32H32N2O3/c1-22-10-16-26(17-11-22)25(4)34(30(35)27-8-6-5-7-9-27)33-31(36)32(37,28-18-12-23(2)13-19-28)29-20-14-24(3)15-21-29/h5-21,25,37H,1-4H3,(H,33,36)/t25-/m1/s1. The number of carbonyl (C=O) groups excluding carboxylic acids is 2. The van der Waals surface area contributed by atoms with Gasteiger partial charge in [-0.2, -0.15) is 0 Å². The van der Waals surface area contributed by atoms with Crippen LogP contribution in [0.3, 0.4) is 0 Å². The maximum atomic E-state index is 14.0. The minimum atomic E-state index is -2.02. The fourth-order valence-electron chi connectivity index (χ4n) is 4.25. The van der Waals surface area contributed by atoms with Gasteiger partial charge in [-0.15, -0.1) is 0 Å². The molecule has 2 amide bonds. The number of hydrogen-bond donors (Lipinski definition) is 2. The molecule has 1 atom stereocenters. The van der Waals surface area contributed by atoms with Crippen LogP contribution in [-0.2, 0) is 10.4 Å². The van der Waals surface area contributed by atoms with Gasteiger partial charge in [0.1, 0.15) is 0 Å². The first-order valence-electron chi connectivity index (χ1n) is 12.3. The molecule has 0 aromatic heterocycles. The Morgan fingerprint density at radius 1 is 0.703 bits per heavy atom. The van der Waals surface area contributed by atoms with E-state index in [1.165, 1.54) is 5.01 Å². The van der Waals surface area contributed by atoms with E-state index >= 15 is 0 Å². The van der Waals surface area contributed by atoms with Gasteiger partial charge >= 0.3 is 0 Å². The van der Waals surface area contributed by atoms with Crippen LogP contribution in [-0.4, -0.2) is 21.9 Å². The number of nitrogens with one attached hydrogen (secondary N) is 1. The first-order chi connectivity index (χ1) is 17.7. The van der Waals surface area contributed by atoms with Crippen molar-refractivity contribution >= 4 is 11.8 Å². The molecule has 188 valence electrons. The van der Waals surface area contributed by atoms with E-state index in [4.69, 9.17) is 0 Å². The van der Waals surface area contributed by atoms with Crippen LogP contribution in [0, 0.1) is 20.8 Å². The molecule has 5 nitrogen and oxygen atoms in total. The maximum Gasteiger partial charge on any atom is 0.279 e. The van der Waals surface area contributed by atoms with Gasteiger partial charge in [-0.1, -0.05) is 108 Å². The quantitative estimate of drug-likeness (QED) is 0.335. The van der Waals surface area contributed by atoms with Crippen LogP contribution in [0.4, 0.5) is 0 Å². The monoisotopic (exact) mass is 492 g/mol. The van der Waals surface area contributed by atoms with Gasteiger partial charge in [-0.25, -0.2) is 5.01 Å². The lowest BCUT2D eigenvalue weighted by atomic mass is 9.85. The second-order valence-electron chi connectivity index (χ2n) is 9.51. The third-order valence-corrected chi connectivity index (χ3v) is 6.68. The van der Waals surface area contributed by atoms with Gasteiger partial charge in [0, 0.05) is 5.56 Å². The van der Waals surface area contributed by atoms with Crippen LogP contribution in [0.2, 0.25) is 0 Å². The Bertz CT molecular complexity index is 1320. The molecular weight excluding hydrogens is 460 g/mol. The Morgan fingerprint density at radius 3 is 1.59 bits per heavy atom. The minimum Gasteiger partial charge on any atom is -0.372 e. The molecule has 0 saturated carbocycles. The van der Waals surface area contributed by atoms with Crippen molar-refractivity contribution in [1.29, 1.82) is 0 Å². The number of hydrogen-bond acceptors (Lipinski definition) is 3. The highest BCUT2D eigenvalue weighted by Gasteiger charge is 2.42. The molecule has 0 radical (unpaired) electrons.